The molecule has 1 aliphatic rings. The molecule has 1 saturated carbocycles. The summed E-state index contributed by atoms with van der Waals surface area (Å²) in [7, 11) is 0. The van der Waals surface area contributed by atoms with Gasteiger partial charge in [-0.2, -0.15) is 0 Å². The normalized spacial score (nSPS) is 13.1. The molecular weight excluding hydrogens is 356 g/mol. The summed E-state index contributed by atoms with van der Waals surface area (Å²) in [5.74, 6) is -0.0788. The molecule has 3 N–H and O–H groups in total. The molecule has 28 heavy (non-hydrogen) atoms. The summed E-state index contributed by atoms with van der Waals surface area (Å²) < 4.78 is 5.70. The van der Waals surface area contributed by atoms with Gasteiger partial charge in [-0.3, -0.25) is 9.59 Å². The smallest absolute Gasteiger partial charge is 0.259 e. The van der Waals surface area contributed by atoms with E-state index in [0.29, 0.717) is 17.0 Å². The first-order chi connectivity index (χ1) is 13.6. The Kier molecular flexibility index (Phi) is 4.85. The first kappa shape index (κ1) is 17.9. The topological polar surface area (TPSA) is 87.7 Å². The third-order valence-corrected chi connectivity index (χ3v) is 4.52. The molecule has 1 fully saturated rings. The van der Waals surface area contributed by atoms with Gasteiger partial charge in [0, 0.05) is 11.7 Å². The molecule has 0 saturated heterocycles. The minimum atomic E-state index is -0.353. The van der Waals surface area contributed by atoms with E-state index in [2.05, 4.69) is 10.6 Å². The van der Waals surface area contributed by atoms with Gasteiger partial charge in [0.15, 0.2) is 6.61 Å². The number of ether oxygens (including phenoxy) is 1. The number of anilines is 1. The Labute approximate surface area is 162 Å². The molecule has 2 amide bonds. The van der Waals surface area contributed by atoms with Gasteiger partial charge >= 0.3 is 0 Å². The maximum atomic E-state index is 12.8. The number of nitrogens with one attached hydrogen (secondary N) is 2. The highest BCUT2D eigenvalue weighted by Crippen LogP contribution is 2.27. The molecule has 1 aliphatic carbocycles. The third kappa shape index (κ3) is 4.23. The number of hydrogen-bond acceptors (Lipinski definition) is 4. The number of carbonyl (C=O) groups excluding carboxylic acids is 2. The van der Waals surface area contributed by atoms with Crippen LogP contribution < -0.4 is 15.4 Å². The van der Waals surface area contributed by atoms with E-state index in [1.165, 1.54) is 12.1 Å². The largest absolute Gasteiger partial charge is 0.508 e. The van der Waals surface area contributed by atoms with E-state index in [0.717, 1.165) is 23.6 Å². The van der Waals surface area contributed by atoms with Crippen molar-refractivity contribution in [1.29, 1.82) is 0 Å². The van der Waals surface area contributed by atoms with Gasteiger partial charge in [0.1, 0.15) is 11.5 Å². The van der Waals surface area contributed by atoms with Crippen LogP contribution in [0, 0.1) is 0 Å². The van der Waals surface area contributed by atoms with Gasteiger partial charge in [-0.25, -0.2) is 0 Å². The second-order valence-electron chi connectivity index (χ2n) is 6.83. The van der Waals surface area contributed by atoms with E-state index >= 15 is 0 Å². The highest BCUT2D eigenvalue weighted by molar-refractivity contribution is 6.08. The van der Waals surface area contributed by atoms with Gasteiger partial charge < -0.3 is 20.5 Å². The number of amides is 2. The standard InChI is InChI=1S/C22H20N2O4/c25-18-9-7-17(8-10-18)24-22(27)19-11-14-3-1-2-4-15(14)12-20(19)28-13-21(26)23-16-5-6-16/h1-4,7-12,16,25H,5-6,13H2,(H,23,26)(H,24,27). The number of phenolic OH excluding ortho intramolecular Hbond substituents is 1. The van der Waals surface area contributed by atoms with Gasteiger partial charge in [0.25, 0.3) is 11.8 Å². The number of phenols is 1. The Bertz CT molecular complexity index is 1030. The molecule has 3 aromatic rings. The monoisotopic (exact) mass is 376 g/mol. The highest BCUT2D eigenvalue weighted by Gasteiger charge is 2.23. The Hall–Kier alpha value is -3.54. The van der Waals surface area contributed by atoms with E-state index in [9.17, 15) is 14.7 Å². The van der Waals surface area contributed by atoms with E-state index in [-0.39, 0.29) is 30.2 Å². The SMILES string of the molecule is O=C(COc1cc2ccccc2cc1C(=O)Nc1ccc(O)cc1)NC1CC1. The molecule has 0 atom stereocenters. The molecule has 0 aliphatic heterocycles. The van der Waals surface area contributed by atoms with Crippen LogP contribution in [-0.2, 0) is 4.79 Å². The van der Waals surface area contributed by atoms with Crippen LogP contribution in [0.25, 0.3) is 10.8 Å². The zero-order valence-corrected chi connectivity index (χ0v) is 15.1. The summed E-state index contributed by atoms with van der Waals surface area (Å²) in [6.07, 6.45) is 2.00. The van der Waals surface area contributed by atoms with Crippen molar-refractivity contribution in [2.75, 3.05) is 11.9 Å². The van der Waals surface area contributed by atoms with Crippen LogP contribution in [0.2, 0.25) is 0 Å². The van der Waals surface area contributed by atoms with Gasteiger partial charge in [-0.15, -0.1) is 0 Å². The Balaban J connectivity index is 1.59. The Morgan fingerprint density at radius 3 is 2.36 bits per heavy atom. The third-order valence-electron chi connectivity index (χ3n) is 4.52. The molecule has 4 rings (SSSR count). The first-order valence-corrected chi connectivity index (χ1v) is 9.14. The van der Waals surface area contributed by atoms with Crippen molar-refractivity contribution in [2.45, 2.75) is 18.9 Å². The van der Waals surface area contributed by atoms with Crippen LogP contribution in [0.1, 0.15) is 23.2 Å². The molecule has 0 bridgehead atoms. The molecule has 0 heterocycles. The maximum Gasteiger partial charge on any atom is 0.259 e. The lowest BCUT2D eigenvalue weighted by atomic mass is 10.1. The quantitative estimate of drug-likeness (QED) is 0.575. The van der Waals surface area contributed by atoms with Crippen LogP contribution in [0.3, 0.4) is 0 Å². The Morgan fingerprint density at radius 1 is 1.00 bits per heavy atom. The predicted molar refractivity (Wildman–Crippen MR) is 107 cm³/mol. The molecular formula is C22H20N2O4. The summed E-state index contributed by atoms with van der Waals surface area (Å²) in [5, 5.41) is 16.9. The molecule has 0 aromatic heterocycles. The predicted octanol–water partition coefficient (Wildman–Crippen LogP) is 3.46. The maximum absolute atomic E-state index is 12.8. The van der Waals surface area contributed by atoms with Crippen LogP contribution in [0.4, 0.5) is 5.69 Å². The van der Waals surface area contributed by atoms with Gasteiger partial charge in [0.2, 0.25) is 0 Å². The Morgan fingerprint density at radius 2 is 1.68 bits per heavy atom. The average Bonchev–Trinajstić information content (AvgIpc) is 3.51. The molecule has 0 spiro atoms. The van der Waals surface area contributed by atoms with Gasteiger partial charge in [-0.05, 0) is 60.0 Å². The number of rotatable bonds is 6. The minimum absolute atomic E-state index is 0.120. The van der Waals surface area contributed by atoms with Gasteiger partial charge in [0.05, 0.1) is 5.56 Å². The zero-order valence-electron chi connectivity index (χ0n) is 15.1. The molecule has 0 radical (unpaired) electrons. The summed E-state index contributed by atoms with van der Waals surface area (Å²) in [6, 6.07) is 17.6. The van der Waals surface area contributed by atoms with Crippen LogP contribution in [-0.4, -0.2) is 29.6 Å². The fourth-order valence-electron chi connectivity index (χ4n) is 2.90. The zero-order chi connectivity index (χ0) is 19.5. The summed E-state index contributed by atoms with van der Waals surface area (Å²) in [4.78, 5) is 24.8. The minimum Gasteiger partial charge on any atom is -0.508 e. The van der Waals surface area contributed by atoms with Crippen molar-refractivity contribution in [1.82, 2.24) is 5.32 Å². The van der Waals surface area contributed by atoms with E-state index in [1.54, 1.807) is 24.3 Å². The number of carbonyl (C=O) groups is 2. The van der Waals surface area contributed by atoms with Crippen molar-refractivity contribution in [2.24, 2.45) is 0 Å². The van der Waals surface area contributed by atoms with E-state index in [4.69, 9.17) is 4.74 Å². The molecule has 6 heteroatoms. The summed E-state index contributed by atoms with van der Waals surface area (Å²) in [6.45, 7) is -0.145. The van der Waals surface area contributed by atoms with Gasteiger partial charge in [-0.1, -0.05) is 24.3 Å². The molecule has 142 valence electrons. The molecule has 0 unspecified atom stereocenters. The van der Waals surface area contributed by atoms with Crippen molar-refractivity contribution >= 4 is 28.3 Å². The highest BCUT2D eigenvalue weighted by atomic mass is 16.5. The fraction of sp³-hybridized carbons (Fsp3) is 0.182. The van der Waals surface area contributed by atoms with Crippen molar-refractivity contribution in [3.05, 3.63) is 66.2 Å². The van der Waals surface area contributed by atoms with E-state index in [1.807, 2.05) is 24.3 Å². The molecule has 3 aromatic carbocycles. The summed E-state index contributed by atoms with van der Waals surface area (Å²) >= 11 is 0. The first-order valence-electron chi connectivity index (χ1n) is 9.14. The number of fused-ring (bicyclic) bond motifs is 1. The lowest BCUT2D eigenvalue weighted by Gasteiger charge is -2.13. The lowest BCUT2D eigenvalue weighted by molar-refractivity contribution is -0.123. The fourth-order valence-corrected chi connectivity index (χ4v) is 2.90. The van der Waals surface area contributed by atoms with Crippen molar-refractivity contribution in [3.63, 3.8) is 0 Å². The number of aromatic hydroxyl groups is 1. The van der Waals surface area contributed by atoms with Crippen molar-refractivity contribution < 1.29 is 19.4 Å². The number of hydrogen-bond donors (Lipinski definition) is 3. The summed E-state index contributed by atoms with van der Waals surface area (Å²) in [5.41, 5.74) is 0.888. The van der Waals surface area contributed by atoms with E-state index < -0.39 is 0 Å². The van der Waals surface area contributed by atoms with Crippen LogP contribution in [0.5, 0.6) is 11.5 Å². The average molecular weight is 376 g/mol. The van der Waals surface area contributed by atoms with Crippen LogP contribution >= 0.6 is 0 Å². The second kappa shape index (κ2) is 7.60. The second-order valence-corrected chi connectivity index (χ2v) is 6.83. The van der Waals surface area contributed by atoms with Crippen LogP contribution in [0.15, 0.2) is 60.7 Å². The number of benzene rings is 3. The lowest BCUT2D eigenvalue weighted by Crippen LogP contribution is -2.30. The molecule has 6 nitrogen and oxygen atoms in total. The van der Waals surface area contributed by atoms with Crippen molar-refractivity contribution in [3.8, 4) is 11.5 Å².